The third kappa shape index (κ3) is 5.19. The molecule has 0 bridgehead atoms. The van der Waals surface area contributed by atoms with Gasteiger partial charge in [-0.15, -0.1) is 10.2 Å². The molecule has 0 spiro atoms. The Hall–Kier alpha value is -2.32. The van der Waals surface area contributed by atoms with Gasteiger partial charge >= 0.3 is 0 Å². The van der Waals surface area contributed by atoms with Crippen LogP contribution in [-0.4, -0.2) is 33.4 Å². The van der Waals surface area contributed by atoms with E-state index >= 15 is 0 Å². The van der Waals surface area contributed by atoms with E-state index in [-0.39, 0.29) is 11.9 Å². The van der Waals surface area contributed by atoms with Gasteiger partial charge < -0.3 is 14.0 Å². The number of carbonyl (C=O) groups excluding carboxylic acids is 1. The first kappa shape index (κ1) is 21.4. The molecular formula is C21H22BrN3O3S. The van der Waals surface area contributed by atoms with E-state index in [4.69, 9.17) is 9.47 Å². The fourth-order valence-electron chi connectivity index (χ4n) is 2.81. The second-order valence-electron chi connectivity index (χ2n) is 6.21. The number of thioether (sulfide) groups is 1. The molecule has 0 N–H and O–H groups in total. The van der Waals surface area contributed by atoms with Gasteiger partial charge in [-0.25, -0.2) is 0 Å². The smallest absolute Gasteiger partial charge is 0.191 e. The molecule has 6 nitrogen and oxygen atoms in total. The number of hydrogen-bond donors (Lipinski definition) is 0. The minimum absolute atomic E-state index is 0.0491. The summed E-state index contributed by atoms with van der Waals surface area (Å²) in [4.78, 5) is 12.4. The van der Waals surface area contributed by atoms with Crippen LogP contribution in [-0.2, 0) is 6.54 Å². The molecule has 0 amide bonds. The number of benzene rings is 2. The molecule has 0 saturated carbocycles. The number of halogens is 1. The second kappa shape index (κ2) is 9.93. The van der Waals surface area contributed by atoms with Crippen LogP contribution in [0.25, 0.3) is 0 Å². The van der Waals surface area contributed by atoms with Crippen LogP contribution in [0.4, 0.5) is 0 Å². The van der Waals surface area contributed by atoms with E-state index in [9.17, 15) is 4.79 Å². The zero-order valence-corrected chi connectivity index (χ0v) is 18.9. The number of rotatable bonds is 9. The van der Waals surface area contributed by atoms with Crippen molar-refractivity contribution in [2.75, 3.05) is 12.9 Å². The van der Waals surface area contributed by atoms with Gasteiger partial charge in [0.15, 0.2) is 34.4 Å². The normalized spacial score (nSPS) is 11.9. The Kier molecular flexibility index (Phi) is 7.33. The van der Waals surface area contributed by atoms with Gasteiger partial charge in [0, 0.05) is 16.6 Å². The minimum Gasteiger partial charge on any atom is -0.493 e. The van der Waals surface area contributed by atoms with Gasteiger partial charge in [-0.1, -0.05) is 52.0 Å². The number of ketones is 1. The molecule has 29 heavy (non-hydrogen) atoms. The predicted molar refractivity (Wildman–Crippen MR) is 117 cm³/mol. The Balaban J connectivity index is 1.70. The maximum Gasteiger partial charge on any atom is 0.191 e. The van der Waals surface area contributed by atoms with Gasteiger partial charge in [-0.3, -0.25) is 4.79 Å². The van der Waals surface area contributed by atoms with Gasteiger partial charge in [0.2, 0.25) is 0 Å². The van der Waals surface area contributed by atoms with Crippen LogP contribution in [0.3, 0.4) is 0 Å². The fourth-order valence-corrected chi connectivity index (χ4v) is 3.98. The van der Waals surface area contributed by atoms with Crippen molar-refractivity contribution in [3.63, 3.8) is 0 Å². The molecule has 0 aliphatic heterocycles. The summed E-state index contributed by atoms with van der Waals surface area (Å²) in [5.74, 6) is 2.36. The number of carbonyl (C=O) groups is 1. The fraction of sp³-hybridized carbons (Fsp3) is 0.286. The molecule has 1 unspecified atom stereocenters. The summed E-state index contributed by atoms with van der Waals surface area (Å²) in [5.41, 5.74) is 0.677. The summed E-state index contributed by atoms with van der Waals surface area (Å²) in [6.45, 7) is 4.62. The highest BCUT2D eigenvalue weighted by Crippen LogP contribution is 2.31. The number of ether oxygens (including phenoxy) is 2. The Morgan fingerprint density at radius 2 is 1.83 bits per heavy atom. The Labute approximate surface area is 182 Å². The van der Waals surface area contributed by atoms with Crippen LogP contribution in [0.1, 0.15) is 36.1 Å². The number of aromatic nitrogens is 3. The summed E-state index contributed by atoms with van der Waals surface area (Å²) in [5, 5.41) is 9.28. The molecule has 0 aliphatic rings. The van der Waals surface area contributed by atoms with Crippen LogP contribution < -0.4 is 9.47 Å². The average molecular weight is 476 g/mol. The first-order valence-corrected chi connectivity index (χ1v) is 11.0. The summed E-state index contributed by atoms with van der Waals surface area (Å²) >= 11 is 4.76. The van der Waals surface area contributed by atoms with Crippen molar-refractivity contribution in [3.05, 3.63) is 64.4 Å². The molecule has 0 fully saturated rings. The number of methoxy groups -OCH3 is 1. The van der Waals surface area contributed by atoms with Gasteiger partial charge in [0.1, 0.15) is 0 Å². The first-order chi connectivity index (χ1) is 14.0. The lowest BCUT2D eigenvalue weighted by molar-refractivity contribution is 0.102. The SMILES string of the molecule is CCn1c(SCC(=O)c2ccc(Br)cc2)nnc1C(C)Oc1ccccc1OC. The molecule has 3 aromatic rings. The van der Waals surface area contributed by atoms with Crippen molar-refractivity contribution in [2.24, 2.45) is 0 Å². The van der Waals surface area contributed by atoms with Crippen LogP contribution in [0, 0.1) is 0 Å². The quantitative estimate of drug-likeness (QED) is 0.313. The highest BCUT2D eigenvalue weighted by atomic mass is 79.9. The molecule has 0 aliphatic carbocycles. The third-order valence-electron chi connectivity index (χ3n) is 4.30. The van der Waals surface area contributed by atoms with E-state index < -0.39 is 0 Å². The largest absolute Gasteiger partial charge is 0.493 e. The van der Waals surface area contributed by atoms with E-state index in [1.54, 1.807) is 7.11 Å². The number of para-hydroxylation sites is 2. The maximum atomic E-state index is 12.4. The molecule has 0 radical (unpaired) electrons. The maximum absolute atomic E-state index is 12.4. The standard InChI is InChI=1S/C21H22BrN3O3S/c1-4-25-20(14(2)28-19-8-6-5-7-18(19)27-3)23-24-21(25)29-13-17(26)15-9-11-16(22)12-10-15/h5-12,14H,4,13H2,1-3H3. The van der Waals surface area contributed by atoms with Gasteiger partial charge in [0.05, 0.1) is 12.9 Å². The van der Waals surface area contributed by atoms with Crippen LogP contribution in [0.2, 0.25) is 0 Å². The zero-order chi connectivity index (χ0) is 20.8. The third-order valence-corrected chi connectivity index (χ3v) is 5.79. The van der Waals surface area contributed by atoms with Gasteiger partial charge in [0.25, 0.3) is 0 Å². The Morgan fingerprint density at radius 3 is 2.48 bits per heavy atom. The first-order valence-electron chi connectivity index (χ1n) is 9.17. The molecule has 1 aromatic heterocycles. The second-order valence-corrected chi connectivity index (χ2v) is 8.07. The molecule has 2 aromatic carbocycles. The number of nitrogens with zero attached hydrogens (tertiary/aromatic N) is 3. The lowest BCUT2D eigenvalue weighted by Crippen LogP contribution is -2.12. The minimum atomic E-state index is -0.324. The molecule has 3 rings (SSSR count). The van der Waals surface area contributed by atoms with Crippen LogP contribution >= 0.6 is 27.7 Å². The van der Waals surface area contributed by atoms with Crippen molar-refractivity contribution >= 4 is 33.5 Å². The summed E-state index contributed by atoms with van der Waals surface area (Å²) in [6, 6.07) is 14.8. The lowest BCUT2D eigenvalue weighted by atomic mass is 10.2. The molecule has 8 heteroatoms. The van der Waals surface area contributed by atoms with Crippen molar-refractivity contribution in [2.45, 2.75) is 31.7 Å². The highest BCUT2D eigenvalue weighted by molar-refractivity contribution is 9.10. The summed E-state index contributed by atoms with van der Waals surface area (Å²) in [6.07, 6.45) is -0.324. The Morgan fingerprint density at radius 1 is 1.14 bits per heavy atom. The summed E-state index contributed by atoms with van der Waals surface area (Å²) in [7, 11) is 1.61. The monoisotopic (exact) mass is 475 g/mol. The van der Waals surface area contributed by atoms with Gasteiger partial charge in [-0.2, -0.15) is 0 Å². The van der Waals surface area contributed by atoms with E-state index in [1.807, 2.05) is 66.9 Å². The molecule has 1 atom stereocenters. The van der Waals surface area contributed by atoms with Crippen molar-refractivity contribution in [1.82, 2.24) is 14.8 Å². The van der Waals surface area contributed by atoms with E-state index in [0.29, 0.717) is 40.3 Å². The number of Topliss-reactive ketones (excluding diaryl/α,β-unsaturated/α-hetero) is 1. The molecule has 152 valence electrons. The van der Waals surface area contributed by atoms with E-state index in [0.717, 1.165) is 4.47 Å². The van der Waals surface area contributed by atoms with Crippen molar-refractivity contribution in [3.8, 4) is 11.5 Å². The van der Waals surface area contributed by atoms with Gasteiger partial charge in [-0.05, 0) is 38.1 Å². The molecular weight excluding hydrogens is 454 g/mol. The van der Waals surface area contributed by atoms with Crippen LogP contribution in [0.15, 0.2) is 58.2 Å². The topological polar surface area (TPSA) is 66.2 Å². The average Bonchev–Trinajstić information content (AvgIpc) is 3.16. The highest BCUT2D eigenvalue weighted by Gasteiger charge is 2.20. The number of hydrogen-bond acceptors (Lipinski definition) is 6. The van der Waals surface area contributed by atoms with E-state index in [1.165, 1.54) is 11.8 Å². The Bertz CT molecular complexity index is 976. The molecule has 1 heterocycles. The zero-order valence-electron chi connectivity index (χ0n) is 16.5. The molecule has 0 saturated heterocycles. The predicted octanol–water partition coefficient (Wildman–Crippen LogP) is 5.18. The van der Waals surface area contributed by atoms with Crippen molar-refractivity contribution in [1.29, 1.82) is 0 Å². The summed E-state index contributed by atoms with van der Waals surface area (Å²) < 4.78 is 14.3. The van der Waals surface area contributed by atoms with Crippen LogP contribution in [0.5, 0.6) is 11.5 Å². The van der Waals surface area contributed by atoms with E-state index in [2.05, 4.69) is 26.1 Å². The lowest BCUT2D eigenvalue weighted by Gasteiger charge is -2.17. The van der Waals surface area contributed by atoms with Crippen molar-refractivity contribution < 1.29 is 14.3 Å².